The Morgan fingerprint density at radius 3 is 3.25 bits per heavy atom. The zero-order chi connectivity index (χ0) is 10.8. The largest absolute Gasteiger partial charge is 0.378 e. The molecule has 1 aliphatic heterocycles. The second kappa shape index (κ2) is 4.17. The van der Waals surface area contributed by atoms with Crippen molar-refractivity contribution in [2.45, 2.75) is 31.8 Å². The van der Waals surface area contributed by atoms with Crippen LogP contribution in [0.5, 0.6) is 0 Å². The van der Waals surface area contributed by atoms with E-state index in [1.165, 1.54) is 19.2 Å². The molecule has 84 valence electrons. The van der Waals surface area contributed by atoms with Crippen molar-refractivity contribution in [3.05, 3.63) is 18.3 Å². The van der Waals surface area contributed by atoms with E-state index in [0.717, 1.165) is 36.4 Å². The standard InChI is InChI=1S/C11H14N4O/c1-2-4-16-8(3-1)5-10-14-9-6-12-7-13-11(9)15-10/h6-8H,1-5H2,(H,12,13,14,15). The molecule has 1 saturated heterocycles. The molecular formula is C11H14N4O. The summed E-state index contributed by atoms with van der Waals surface area (Å²) >= 11 is 0. The van der Waals surface area contributed by atoms with Crippen LogP contribution < -0.4 is 0 Å². The van der Waals surface area contributed by atoms with Gasteiger partial charge < -0.3 is 9.72 Å². The maximum absolute atomic E-state index is 5.68. The van der Waals surface area contributed by atoms with E-state index in [0.29, 0.717) is 6.10 Å². The van der Waals surface area contributed by atoms with E-state index in [4.69, 9.17) is 4.74 Å². The molecule has 3 heterocycles. The lowest BCUT2D eigenvalue weighted by Crippen LogP contribution is -2.21. The minimum absolute atomic E-state index is 0.308. The van der Waals surface area contributed by atoms with Crippen LogP contribution in [0.2, 0.25) is 0 Å². The Hall–Kier alpha value is -1.49. The summed E-state index contributed by atoms with van der Waals surface area (Å²) in [4.78, 5) is 15.7. The smallest absolute Gasteiger partial charge is 0.180 e. The van der Waals surface area contributed by atoms with Gasteiger partial charge in [0, 0.05) is 13.0 Å². The second-order valence-electron chi connectivity index (χ2n) is 4.14. The maximum Gasteiger partial charge on any atom is 0.180 e. The molecule has 0 radical (unpaired) electrons. The maximum atomic E-state index is 5.68. The summed E-state index contributed by atoms with van der Waals surface area (Å²) in [6.45, 7) is 0.880. The summed E-state index contributed by atoms with van der Waals surface area (Å²) in [7, 11) is 0. The Labute approximate surface area is 93.3 Å². The lowest BCUT2D eigenvalue weighted by atomic mass is 10.1. The molecule has 0 spiro atoms. The highest BCUT2D eigenvalue weighted by molar-refractivity contribution is 5.68. The van der Waals surface area contributed by atoms with Crippen LogP contribution in [0, 0.1) is 0 Å². The van der Waals surface area contributed by atoms with Gasteiger partial charge in [0.2, 0.25) is 0 Å². The Morgan fingerprint density at radius 1 is 1.44 bits per heavy atom. The Kier molecular flexibility index (Phi) is 2.53. The SMILES string of the molecule is c1ncc2[nH]c(CC3CCCCO3)nc2n1. The molecule has 3 rings (SSSR count). The topological polar surface area (TPSA) is 63.7 Å². The van der Waals surface area contributed by atoms with Crippen LogP contribution in [0.3, 0.4) is 0 Å². The molecule has 0 bridgehead atoms. The predicted octanol–water partition coefficient (Wildman–Crippen LogP) is 1.46. The number of imidazole rings is 1. The van der Waals surface area contributed by atoms with Crippen LogP contribution in [0.25, 0.3) is 11.2 Å². The van der Waals surface area contributed by atoms with Crippen molar-refractivity contribution < 1.29 is 4.74 Å². The average Bonchev–Trinajstić information content (AvgIpc) is 2.72. The van der Waals surface area contributed by atoms with Crippen molar-refractivity contribution >= 4 is 11.2 Å². The summed E-state index contributed by atoms with van der Waals surface area (Å²) < 4.78 is 5.68. The quantitative estimate of drug-likeness (QED) is 0.829. The predicted molar refractivity (Wildman–Crippen MR) is 59.0 cm³/mol. The van der Waals surface area contributed by atoms with Crippen molar-refractivity contribution in [1.82, 2.24) is 19.9 Å². The third-order valence-corrected chi connectivity index (χ3v) is 2.91. The highest BCUT2D eigenvalue weighted by Gasteiger charge is 2.16. The number of aromatic nitrogens is 4. The second-order valence-corrected chi connectivity index (χ2v) is 4.14. The van der Waals surface area contributed by atoms with E-state index in [2.05, 4.69) is 19.9 Å². The van der Waals surface area contributed by atoms with E-state index in [1.807, 2.05) is 0 Å². The van der Waals surface area contributed by atoms with Gasteiger partial charge in [0.25, 0.3) is 0 Å². The first-order valence-corrected chi connectivity index (χ1v) is 5.68. The molecule has 16 heavy (non-hydrogen) atoms. The molecule has 1 aliphatic rings. The summed E-state index contributed by atoms with van der Waals surface area (Å²) in [6.07, 6.45) is 7.98. The molecular weight excluding hydrogens is 204 g/mol. The molecule has 0 aliphatic carbocycles. The highest BCUT2D eigenvalue weighted by Crippen LogP contribution is 2.17. The van der Waals surface area contributed by atoms with E-state index in [-0.39, 0.29) is 0 Å². The molecule has 2 aromatic rings. The van der Waals surface area contributed by atoms with Crippen molar-refractivity contribution in [1.29, 1.82) is 0 Å². The van der Waals surface area contributed by atoms with E-state index >= 15 is 0 Å². The van der Waals surface area contributed by atoms with Gasteiger partial charge in [0.05, 0.1) is 12.3 Å². The first-order chi connectivity index (χ1) is 7.92. The van der Waals surface area contributed by atoms with Crippen LogP contribution in [0.15, 0.2) is 12.5 Å². The zero-order valence-electron chi connectivity index (χ0n) is 9.02. The van der Waals surface area contributed by atoms with Crippen LogP contribution in [0.4, 0.5) is 0 Å². The van der Waals surface area contributed by atoms with Gasteiger partial charge in [-0.3, -0.25) is 0 Å². The van der Waals surface area contributed by atoms with Crippen molar-refractivity contribution in [3.8, 4) is 0 Å². The van der Waals surface area contributed by atoms with Gasteiger partial charge in [-0.25, -0.2) is 15.0 Å². The van der Waals surface area contributed by atoms with Gasteiger partial charge in [-0.15, -0.1) is 0 Å². The van der Waals surface area contributed by atoms with Gasteiger partial charge in [0.1, 0.15) is 17.7 Å². The average molecular weight is 218 g/mol. The van der Waals surface area contributed by atoms with Crippen LogP contribution in [-0.4, -0.2) is 32.6 Å². The minimum Gasteiger partial charge on any atom is -0.378 e. The normalized spacial score (nSPS) is 21.4. The van der Waals surface area contributed by atoms with Crippen molar-refractivity contribution in [2.24, 2.45) is 0 Å². The Balaban J connectivity index is 1.78. The first kappa shape index (κ1) is 9.72. The molecule has 1 atom stereocenters. The highest BCUT2D eigenvalue weighted by atomic mass is 16.5. The number of nitrogens with zero attached hydrogens (tertiary/aromatic N) is 3. The third kappa shape index (κ3) is 1.90. The lowest BCUT2D eigenvalue weighted by molar-refractivity contribution is 0.0158. The fraction of sp³-hybridized carbons (Fsp3) is 0.545. The summed E-state index contributed by atoms with van der Waals surface area (Å²) in [5.41, 5.74) is 1.63. The van der Waals surface area contributed by atoms with E-state index in [1.54, 1.807) is 6.20 Å². The molecule has 1 unspecified atom stereocenters. The van der Waals surface area contributed by atoms with Gasteiger partial charge in [0.15, 0.2) is 5.65 Å². The van der Waals surface area contributed by atoms with Gasteiger partial charge in [-0.05, 0) is 19.3 Å². The van der Waals surface area contributed by atoms with E-state index in [9.17, 15) is 0 Å². The molecule has 5 nitrogen and oxygen atoms in total. The Bertz CT molecular complexity index is 443. The van der Waals surface area contributed by atoms with Gasteiger partial charge in [-0.1, -0.05) is 0 Å². The molecule has 0 aromatic carbocycles. The van der Waals surface area contributed by atoms with Crippen LogP contribution >= 0.6 is 0 Å². The minimum atomic E-state index is 0.308. The molecule has 0 saturated carbocycles. The van der Waals surface area contributed by atoms with Crippen LogP contribution in [-0.2, 0) is 11.2 Å². The van der Waals surface area contributed by atoms with E-state index < -0.39 is 0 Å². The fourth-order valence-corrected chi connectivity index (χ4v) is 2.09. The number of nitrogens with one attached hydrogen (secondary N) is 1. The molecule has 2 aromatic heterocycles. The Morgan fingerprint density at radius 2 is 2.44 bits per heavy atom. The van der Waals surface area contributed by atoms with Gasteiger partial charge >= 0.3 is 0 Å². The molecule has 1 N–H and O–H groups in total. The van der Waals surface area contributed by atoms with Crippen LogP contribution in [0.1, 0.15) is 25.1 Å². The number of hydrogen-bond donors (Lipinski definition) is 1. The monoisotopic (exact) mass is 218 g/mol. The number of H-pyrrole nitrogens is 1. The number of aromatic amines is 1. The van der Waals surface area contributed by atoms with Crippen molar-refractivity contribution in [2.75, 3.05) is 6.61 Å². The number of ether oxygens (including phenoxy) is 1. The number of rotatable bonds is 2. The van der Waals surface area contributed by atoms with Crippen molar-refractivity contribution in [3.63, 3.8) is 0 Å². The van der Waals surface area contributed by atoms with Gasteiger partial charge in [-0.2, -0.15) is 0 Å². The number of hydrogen-bond acceptors (Lipinski definition) is 4. The summed E-state index contributed by atoms with van der Waals surface area (Å²) in [6, 6.07) is 0. The first-order valence-electron chi connectivity index (χ1n) is 5.68. The summed E-state index contributed by atoms with van der Waals surface area (Å²) in [5, 5.41) is 0. The zero-order valence-corrected chi connectivity index (χ0v) is 9.02. The molecule has 0 amide bonds. The third-order valence-electron chi connectivity index (χ3n) is 2.91. The fourth-order valence-electron chi connectivity index (χ4n) is 2.09. The molecule has 5 heteroatoms. The molecule has 1 fully saturated rings. The summed E-state index contributed by atoms with van der Waals surface area (Å²) in [5.74, 6) is 0.947. The number of fused-ring (bicyclic) bond motifs is 1. The lowest BCUT2D eigenvalue weighted by Gasteiger charge is -2.21.